The Hall–Kier alpha value is -3.12. The SMILES string of the molecule is O=C(c1ccccc1N(Cc1ccccc1)S(=O)(=O)c1ccccc1)N1CCCC1. The Morgan fingerprint density at radius 3 is 2.03 bits per heavy atom. The van der Waals surface area contributed by atoms with Crippen molar-refractivity contribution in [1.82, 2.24) is 4.90 Å². The molecule has 0 aromatic heterocycles. The van der Waals surface area contributed by atoms with Crippen molar-refractivity contribution >= 4 is 21.6 Å². The van der Waals surface area contributed by atoms with Gasteiger partial charge in [0.1, 0.15) is 0 Å². The number of sulfonamides is 1. The summed E-state index contributed by atoms with van der Waals surface area (Å²) in [6, 6.07) is 24.8. The molecule has 5 nitrogen and oxygen atoms in total. The molecule has 0 bridgehead atoms. The zero-order chi connectivity index (χ0) is 21.0. The molecule has 30 heavy (non-hydrogen) atoms. The number of amides is 1. The third-order valence-corrected chi connectivity index (χ3v) is 7.07. The van der Waals surface area contributed by atoms with Gasteiger partial charge >= 0.3 is 0 Å². The van der Waals surface area contributed by atoms with Crippen LogP contribution in [0.2, 0.25) is 0 Å². The van der Waals surface area contributed by atoms with Gasteiger partial charge in [-0.2, -0.15) is 0 Å². The average Bonchev–Trinajstić information content (AvgIpc) is 3.33. The summed E-state index contributed by atoms with van der Waals surface area (Å²) < 4.78 is 28.6. The Labute approximate surface area is 177 Å². The molecule has 0 aliphatic carbocycles. The van der Waals surface area contributed by atoms with Gasteiger partial charge in [0.05, 0.1) is 22.7 Å². The minimum Gasteiger partial charge on any atom is -0.339 e. The standard InChI is InChI=1S/C24H24N2O3S/c27-24(25-17-9-10-18-25)22-15-7-8-16-23(22)26(19-20-11-3-1-4-12-20)30(28,29)21-13-5-2-6-14-21/h1-8,11-16H,9-10,17-19H2. The number of carbonyl (C=O) groups excluding carboxylic acids is 1. The molecule has 1 heterocycles. The van der Waals surface area contributed by atoms with E-state index in [4.69, 9.17) is 0 Å². The maximum Gasteiger partial charge on any atom is 0.264 e. The predicted molar refractivity (Wildman–Crippen MR) is 118 cm³/mol. The van der Waals surface area contributed by atoms with Gasteiger partial charge in [-0.05, 0) is 42.7 Å². The van der Waals surface area contributed by atoms with E-state index in [0.29, 0.717) is 24.3 Å². The molecule has 1 aliphatic heterocycles. The summed E-state index contributed by atoms with van der Waals surface area (Å²) >= 11 is 0. The van der Waals surface area contributed by atoms with Crippen LogP contribution in [0.4, 0.5) is 5.69 Å². The quantitative estimate of drug-likeness (QED) is 0.597. The highest BCUT2D eigenvalue weighted by atomic mass is 32.2. The molecule has 0 atom stereocenters. The number of hydrogen-bond donors (Lipinski definition) is 0. The summed E-state index contributed by atoms with van der Waals surface area (Å²) in [5.41, 5.74) is 1.66. The van der Waals surface area contributed by atoms with Crippen molar-refractivity contribution in [3.8, 4) is 0 Å². The van der Waals surface area contributed by atoms with Crippen LogP contribution in [0.5, 0.6) is 0 Å². The Morgan fingerprint density at radius 2 is 1.37 bits per heavy atom. The minimum absolute atomic E-state index is 0.121. The van der Waals surface area contributed by atoms with Crippen LogP contribution in [-0.4, -0.2) is 32.3 Å². The van der Waals surface area contributed by atoms with Gasteiger partial charge in [0.25, 0.3) is 15.9 Å². The summed E-state index contributed by atoms with van der Waals surface area (Å²) in [6.45, 7) is 1.55. The van der Waals surface area contributed by atoms with Crippen LogP contribution in [0.15, 0.2) is 89.8 Å². The number of anilines is 1. The van der Waals surface area contributed by atoms with Crippen molar-refractivity contribution in [2.24, 2.45) is 0 Å². The van der Waals surface area contributed by atoms with Crippen molar-refractivity contribution in [2.75, 3.05) is 17.4 Å². The lowest BCUT2D eigenvalue weighted by Crippen LogP contribution is -2.34. The normalized spacial score (nSPS) is 13.9. The number of rotatable bonds is 6. The lowest BCUT2D eigenvalue weighted by atomic mass is 10.1. The van der Waals surface area contributed by atoms with E-state index < -0.39 is 10.0 Å². The maximum atomic E-state index is 13.6. The molecule has 0 saturated carbocycles. The summed E-state index contributed by atoms with van der Waals surface area (Å²) in [6.07, 6.45) is 1.95. The van der Waals surface area contributed by atoms with E-state index in [9.17, 15) is 13.2 Å². The highest BCUT2D eigenvalue weighted by Crippen LogP contribution is 2.30. The van der Waals surface area contributed by atoms with E-state index in [1.165, 1.54) is 4.31 Å². The van der Waals surface area contributed by atoms with Gasteiger partial charge < -0.3 is 4.90 Å². The Bertz CT molecular complexity index is 1110. The molecule has 0 N–H and O–H groups in total. The first-order valence-electron chi connectivity index (χ1n) is 10.1. The zero-order valence-corrected chi connectivity index (χ0v) is 17.5. The lowest BCUT2D eigenvalue weighted by molar-refractivity contribution is 0.0793. The minimum atomic E-state index is -3.87. The largest absolute Gasteiger partial charge is 0.339 e. The molecule has 0 unspecified atom stereocenters. The Balaban J connectivity index is 1.82. The van der Waals surface area contributed by atoms with E-state index in [-0.39, 0.29) is 17.3 Å². The summed E-state index contributed by atoms with van der Waals surface area (Å²) in [5.74, 6) is -0.121. The fourth-order valence-corrected chi connectivity index (χ4v) is 5.22. The van der Waals surface area contributed by atoms with Crippen molar-refractivity contribution in [2.45, 2.75) is 24.3 Å². The molecule has 1 saturated heterocycles. The topological polar surface area (TPSA) is 57.7 Å². The molecule has 0 spiro atoms. The Kier molecular flexibility index (Phi) is 5.86. The summed E-state index contributed by atoms with van der Waals surface area (Å²) in [5, 5.41) is 0. The van der Waals surface area contributed by atoms with Crippen LogP contribution in [0.3, 0.4) is 0 Å². The number of hydrogen-bond acceptors (Lipinski definition) is 3. The van der Waals surface area contributed by atoms with Crippen LogP contribution < -0.4 is 4.31 Å². The highest BCUT2D eigenvalue weighted by molar-refractivity contribution is 7.92. The van der Waals surface area contributed by atoms with Crippen molar-refractivity contribution in [3.05, 3.63) is 96.1 Å². The van der Waals surface area contributed by atoms with Crippen molar-refractivity contribution in [3.63, 3.8) is 0 Å². The molecule has 3 aromatic carbocycles. The van der Waals surface area contributed by atoms with Gasteiger partial charge in [-0.15, -0.1) is 0 Å². The van der Waals surface area contributed by atoms with E-state index in [1.807, 2.05) is 30.3 Å². The average molecular weight is 421 g/mol. The summed E-state index contributed by atoms with van der Waals surface area (Å²) in [7, 11) is -3.87. The van der Waals surface area contributed by atoms with E-state index in [1.54, 1.807) is 59.5 Å². The zero-order valence-electron chi connectivity index (χ0n) is 16.6. The van der Waals surface area contributed by atoms with Gasteiger partial charge in [0, 0.05) is 13.1 Å². The number of likely N-dealkylation sites (tertiary alicyclic amines) is 1. The van der Waals surface area contributed by atoms with Crippen molar-refractivity contribution < 1.29 is 13.2 Å². The third kappa shape index (κ3) is 4.09. The first-order chi connectivity index (χ1) is 14.6. The van der Waals surface area contributed by atoms with E-state index >= 15 is 0 Å². The maximum absolute atomic E-state index is 13.6. The molecule has 1 aliphatic rings. The van der Waals surface area contributed by atoms with Gasteiger partial charge in [-0.3, -0.25) is 9.10 Å². The number of benzene rings is 3. The fourth-order valence-electron chi connectivity index (χ4n) is 3.73. The predicted octanol–water partition coefficient (Wildman–Crippen LogP) is 4.32. The first-order valence-corrected chi connectivity index (χ1v) is 11.5. The molecule has 0 radical (unpaired) electrons. The monoisotopic (exact) mass is 420 g/mol. The number of nitrogens with zero attached hydrogens (tertiary/aromatic N) is 2. The second-order valence-corrected chi connectivity index (χ2v) is 9.19. The third-order valence-electron chi connectivity index (χ3n) is 5.30. The smallest absolute Gasteiger partial charge is 0.264 e. The summed E-state index contributed by atoms with van der Waals surface area (Å²) in [4.78, 5) is 15.2. The van der Waals surface area contributed by atoms with Crippen LogP contribution in [0.25, 0.3) is 0 Å². The van der Waals surface area contributed by atoms with Crippen molar-refractivity contribution in [1.29, 1.82) is 0 Å². The number of para-hydroxylation sites is 1. The molecule has 1 fully saturated rings. The van der Waals surface area contributed by atoms with Crippen LogP contribution in [0, 0.1) is 0 Å². The van der Waals surface area contributed by atoms with Gasteiger partial charge in [-0.1, -0.05) is 60.7 Å². The molecular formula is C24H24N2O3S. The first kappa shape index (κ1) is 20.2. The molecule has 154 valence electrons. The fraction of sp³-hybridized carbons (Fsp3) is 0.208. The molecule has 6 heteroatoms. The van der Waals surface area contributed by atoms with Crippen LogP contribution >= 0.6 is 0 Å². The lowest BCUT2D eigenvalue weighted by Gasteiger charge is -2.27. The molecule has 3 aromatic rings. The molecule has 4 rings (SSSR count). The van der Waals surface area contributed by atoms with Gasteiger partial charge in [0.2, 0.25) is 0 Å². The highest BCUT2D eigenvalue weighted by Gasteiger charge is 2.30. The van der Waals surface area contributed by atoms with E-state index in [0.717, 1.165) is 18.4 Å². The van der Waals surface area contributed by atoms with Crippen LogP contribution in [-0.2, 0) is 16.6 Å². The molecule has 1 amide bonds. The second kappa shape index (κ2) is 8.71. The second-order valence-electron chi connectivity index (χ2n) is 7.33. The molecular weight excluding hydrogens is 396 g/mol. The van der Waals surface area contributed by atoms with Gasteiger partial charge in [0.15, 0.2) is 0 Å². The van der Waals surface area contributed by atoms with Crippen LogP contribution in [0.1, 0.15) is 28.8 Å². The van der Waals surface area contributed by atoms with Gasteiger partial charge in [-0.25, -0.2) is 8.42 Å². The Morgan fingerprint density at radius 1 is 0.800 bits per heavy atom. The number of carbonyl (C=O) groups is 1. The van der Waals surface area contributed by atoms with E-state index in [2.05, 4.69) is 0 Å².